The van der Waals surface area contributed by atoms with Crippen LogP contribution in [0.5, 0.6) is 0 Å². The van der Waals surface area contributed by atoms with Gasteiger partial charge < -0.3 is 10.2 Å². The van der Waals surface area contributed by atoms with Crippen LogP contribution in [0.4, 0.5) is 0 Å². The topological polar surface area (TPSA) is 68.3 Å². The molecule has 2 atom stereocenters. The van der Waals surface area contributed by atoms with Gasteiger partial charge in [0.1, 0.15) is 5.76 Å². The normalized spacial score (nSPS) is 16.8. The van der Waals surface area contributed by atoms with Gasteiger partial charge in [-0.05, 0) is 48.3 Å². The van der Waals surface area contributed by atoms with E-state index < -0.39 is 11.4 Å². The van der Waals surface area contributed by atoms with Crippen molar-refractivity contribution in [1.82, 2.24) is 5.32 Å². The van der Waals surface area contributed by atoms with E-state index in [2.05, 4.69) is 21.2 Å². The van der Waals surface area contributed by atoms with E-state index >= 15 is 0 Å². The molecule has 0 aliphatic rings. The molecule has 1 amide bonds. The molecule has 1 aromatic heterocycles. The molecule has 0 aliphatic heterocycles. The molecule has 3 N–H and O–H groups in total. The fourth-order valence-corrected chi connectivity index (χ4v) is 1.75. The lowest BCUT2D eigenvalue weighted by Crippen LogP contribution is -2.53. The van der Waals surface area contributed by atoms with Crippen molar-refractivity contribution in [3.05, 3.63) is 22.6 Å². The summed E-state index contributed by atoms with van der Waals surface area (Å²) in [6.45, 7) is 5.77. The summed E-state index contributed by atoms with van der Waals surface area (Å²) in [6, 6.07) is 3.67. The fraction of sp³-hybridized carbons (Fsp3) is 0.545. The minimum Gasteiger partial charge on any atom is -0.452 e. The van der Waals surface area contributed by atoms with Crippen molar-refractivity contribution in [3.8, 4) is 0 Å². The summed E-state index contributed by atoms with van der Waals surface area (Å²) in [5.74, 6) is 0.0711. The Morgan fingerprint density at radius 2 is 2.31 bits per heavy atom. The Balaban J connectivity index is 3.01. The molecule has 2 unspecified atom stereocenters. The number of rotatable bonds is 5. The second-order valence-electron chi connectivity index (χ2n) is 4.05. The number of carbonyl (C=O) groups excluding carboxylic acids is 1. The summed E-state index contributed by atoms with van der Waals surface area (Å²) in [6.07, 6.45) is 0.907. The van der Waals surface area contributed by atoms with Gasteiger partial charge in [-0.1, -0.05) is 6.92 Å². The molecule has 1 heterocycles. The molecule has 0 aliphatic carbocycles. The predicted molar refractivity (Wildman–Crippen MR) is 65.8 cm³/mol. The number of nitrogens with two attached hydrogens (primary N) is 1. The molecule has 90 valence electrons. The van der Waals surface area contributed by atoms with Gasteiger partial charge >= 0.3 is 0 Å². The van der Waals surface area contributed by atoms with Crippen molar-refractivity contribution in [2.45, 2.75) is 38.8 Å². The lowest BCUT2D eigenvalue weighted by atomic mass is 9.96. The summed E-state index contributed by atoms with van der Waals surface area (Å²) >= 11 is 3.21. The van der Waals surface area contributed by atoms with E-state index in [1.165, 1.54) is 0 Å². The number of hydrogen-bond donors (Lipinski definition) is 2. The van der Waals surface area contributed by atoms with E-state index in [1.807, 2.05) is 13.8 Å². The standard InChI is InChI=1S/C11H17BrN2O2/c1-4-7(2)14-11(3,10(13)15)8-5-6-9(12)16-8/h5-7,14H,4H2,1-3H3,(H2,13,15). The quantitative estimate of drug-likeness (QED) is 0.872. The van der Waals surface area contributed by atoms with Crippen LogP contribution >= 0.6 is 15.9 Å². The molecule has 5 heteroatoms. The van der Waals surface area contributed by atoms with Crippen LogP contribution in [-0.4, -0.2) is 11.9 Å². The molecule has 4 nitrogen and oxygen atoms in total. The largest absolute Gasteiger partial charge is 0.452 e. The first kappa shape index (κ1) is 13.3. The van der Waals surface area contributed by atoms with Crippen molar-refractivity contribution in [2.24, 2.45) is 5.73 Å². The van der Waals surface area contributed by atoms with Crippen molar-refractivity contribution in [3.63, 3.8) is 0 Å². The predicted octanol–water partition coefficient (Wildman–Crippen LogP) is 2.13. The van der Waals surface area contributed by atoms with E-state index in [4.69, 9.17) is 10.2 Å². The zero-order valence-corrected chi connectivity index (χ0v) is 11.3. The molecule has 0 radical (unpaired) electrons. The highest BCUT2D eigenvalue weighted by Gasteiger charge is 2.37. The van der Waals surface area contributed by atoms with E-state index in [0.29, 0.717) is 10.4 Å². The summed E-state index contributed by atoms with van der Waals surface area (Å²) in [5.41, 5.74) is 4.47. The molecule has 16 heavy (non-hydrogen) atoms. The Hall–Kier alpha value is -0.810. The van der Waals surface area contributed by atoms with Crippen LogP contribution in [0.15, 0.2) is 21.2 Å². The summed E-state index contributed by atoms with van der Waals surface area (Å²) in [7, 11) is 0. The van der Waals surface area contributed by atoms with Crippen LogP contribution in [0.2, 0.25) is 0 Å². The SMILES string of the molecule is CCC(C)NC(C)(C(N)=O)c1ccc(Br)o1. The Morgan fingerprint density at radius 3 is 2.69 bits per heavy atom. The van der Waals surface area contributed by atoms with Gasteiger partial charge in [0.2, 0.25) is 5.91 Å². The average molecular weight is 289 g/mol. The monoisotopic (exact) mass is 288 g/mol. The number of hydrogen-bond acceptors (Lipinski definition) is 3. The first-order valence-electron chi connectivity index (χ1n) is 5.23. The lowest BCUT2D eigenvalue weighted by molar-refractivity contribution is -0.125. The molecule has 0 saturated heterocycles. The maximum Gasteiger partial charge on any atom is 0.245 e. The molecule has 0 aromatic carbocycles. The van der Waals surface area contributed by atoms with Crippen molar-refractivity contribution >= 4 is 21.8 Å². The van der Waals surface area contributed by atoms with Gasteiger partial charge in [0.05, 0.1) is 0 Å². The maximum absolute atomic E-state index is 11.6. The minimum absolute atomic E-state index is 0.182. The van der Waals surface area contributed by atoms with Crippen molar-refractivity contribution in [1.29, 1.82) is 0 Å². The van der Waals surface area contributed by atoms with Crippen LogP contribution in [0.1, 0.15) is 33.0 Å². The number of primary amides is 1. The Bertz CT molecular complexity index is 378. The second-order valence-corrected chi connectivity index (χ2v) is 4.83. The third kappa shape index (κ3) is 2.65. The Morgan fingerprint density at radius 1 is 1.69 bits per heavy atom. The molecule has 0 saturated carbocycles. The zero-order chi connectivity index (χ0) is 12.3. The van der Waals surface area contributed by atoms with Crippen molar-refractivity contribution < 1.29 is 9.21 Å². The highest BCUT2D eigenvalue weighted by Crippen LogP contribution is 2.26. The summed E-state index contributed by atoms with van der Waals surface area (Å²) in [4.78, 5) is 11.6. The first-order chi connectivity index (χ1) is 7.40. The van der Waals surface area contributed by atoms with Crippen LogP contribution in [0, 0.1) is 0 Å². The number of halogens is 1. The van der Waals surface area contributed by atoms with Gasteiger partial charge in [-0.3, -0.25) is 10.1 Å². The van der Waals surface area contributed by atoms with Crippen LogP contribution in [0.3, 0.4) is 0 Å². The molecule has 0 fully saturated rings. The van der Waals surface area contributed by atoms with E-state index in [0.717, 1.165) is 6.42 Å². The fourth-order valence-electron chi connectivity index (χ4n) is 1.44. The highest BCUT2D eigenvalue weighted by molar-refractivity contribution is 9.10. The number of carbonyl (C=O) groups is 1. The number of amides is 1. The van der Waals surface area contributed by atoms with E-state index in [-0.39, 0.29) is 6.04 Å². The van der Waals surface area contributed by atoms with Gasteiger partial charge in [0.25, 0.3) is 0 Å². The molecule has 0 spiro atoms. The zero-order valence-electron chi connectivity index (χ0n) is 9.71. The third-order valence-electron chi connectivity index (χ3n) is 2.71. The molecular weight excluding hydrogens is 272 g/mol. The molecule has 1 aromatic rings. The Labute approximate surface area is 104 Å². The van der Waals surface area contributed by atoms with Crippen LogP contribution < -0.4 is 11.1 Å². The smallest absolute Gasteiger partial charge is 0.245 e. The van der Waals surface area contributed by atoms with Crippen LogP contribution in [0.25, 0.3) is 0 Å². The number of furan rings is 1. The van der Waals surface area contributed by atoms with E-state index in [1.54, 1.807) is 19.1 Å². The minimum atomic E-state index is -0.971. The first-order valence-corrected chi connectivity index (χ1v) is 6.03. The van der Waals surface area contributed by atoms with Crippen molar-refractivity contribution in [2.75, 3.05) is 0 Å². The Kier molecular flexibility index (Phi) is 4.15. The van der Waals surface area contributed by atoms with Gasteiger partial charge in [-0.2, -0.15) is 0 Å². The number of nitrogens with one attached hydrogen (secondary N) is 1. The van der Waals surface area contributed by atoms with Gasteiger partial charge in [0, 0.05) is 6.04 Å². The summed E-state index contributed by atoms with van der Waals surface area (Å²) < 4.78 is 5.99. The van der Waals surface area contributed by atoms with Gasteiger partial charge in [-0.15, -0.1) is 0 Å². The molecule has 1 rings (SSSR count). The van der Waals surface area contributed by atoms with E-state index in [9.17, 15) is 4.79 Å². The van der Waals surface area contributed by atoms with Crippen LogP contribution in [-0.2, 0) is 10.3 Å². The average Bonchev–Trinajstić information content (AvgIpc) is 2.64. The maximum atomic E-state index is 11.6. The lowest BCUT2D eigenvalue weighted by Gasteiger charge is -2.28. The molecular formula is C11H17BrN2O2. The third-order valence-corrected chi connectivity index (χ3v) is 3.13. The highest BCUT2D eigenvalue weighted by atomic mass is 79.9. The summed E-state index contributed by atoms with van der Waals surface area (Å²) in [5, 5.41) is 3.18. The second kappa shape index (κ2) is 5.01. The van der Waals surface area contributed by atoms with Gasteiger partial charge in [-0.25, -0.2) is 0 Å². The van der Waals surface area contributed by atoms with Gasteiger partial charge in [0.15, 0.2) is 10.2 Å². The molecule has 0 bridgehead atoms.